The predicted molar refractivity (Wildman–Crippen MR) is 86.4 cm³/mol. The molecule has 7 heteroatoms. The van der Waals surface area contributed by atoms with E-state index in [2.05, 4.69) is 4.74 Å². The van der Waals surface area contributed by atoms with Crippen LogP contribution in [0.15, 0.2) is 18.2 Å². The van der Waals surface area contributed by atoms with Gasteiger partial charge in [0.05, 0.1) is 6.10 Å². The molecule has 0 aromatic heterocycles. The van der Waals surface area contributed by atoms with E-state index in [0.717, 1.165) is 12.0 Å². The predicted octanol–water partition coefficient (Wildman–Crippen LogP) is 2.74. The first kappa shape index (κ1) is 18.4. The van der Waals surface area contributed by atoms with E-state index in [4.69, 9.17) is 10.5 Å². The number of hydrogen-bond donors (Lipinski definition) is 1. The molecule has 0 bridgehead atoms. The Bertz CT molecular complexity index is 581. The number of benzene rings is 1. The van der Waals surface area contributed by atoms with E-state index in [1.165, 1.54) is 13.0 Å². The second-order valence-corrected chi connectivity index (χ2v) is 6.24. The maximum atomic E-state index is 12.5. The molecule has 134 valence electrons. The molecule has 1 aromatic carbocycles. The summed E-state index contributed by atoms with van der Waals surface area (Å²) in [5, 5.41) is 0. The average molecular weight is 342 g/mol. The van der Waals surface area contributed by atoms with Crippen molar-refractivity contribution in [3.05, 3.63) is 23.8 Å². The molecule has 1 fully saturated rings. The average Bonchev–Trinajstić information content (AvgIpc) is 2.92. The maximum Gasteiger partial charge on any atom is 0.387 e. The van der Waals surface area contributed by atoms with E-state index in [1.807, 2.05) is 13.8 Å². The Morgan fingerprint density at radius 2 is 2.04 bits per heavy atom. The van der Waals surface area contributed by atoms with Crippen LogP contribution in [0.4, 0.5) is 8.78 Å². The Balaban J connectivity index is 2.26. The number of amides is 1. The van der Waals surface area contributed by atoms with Gasteiger partial charge in [0, 0.05) is 32.0 Å². The Kier molecular flexibility index (Phi) is 5.99. The molecule has 2 rings (SSSR count). The largest absolute Gasteiger partial charge is 0.487 e. The van der Waals surface area contributed by atoms with Crippen LogP contribution < -0.4 is 15.2 Å². The summed E-state index contributed by atoms with van der Waals surface area (Å²) in [6.45, 7) is 3.21. The lowest BCUT2D eigenvalue weighted by atomic mass is 9.96. The van der Waals surface area contributed by atoms with Crippen molar-refractivity contribution < 1.29 is 23.0 Å². The number of ether oxygens (including phenoxy) is 2. The zero-order valence-corrected chi connectivity index (χ0v) is 14.2. The molecular formula is C17H24F2N2O3. The van der Waals surface area contributed by atoms with Gasteiger partial charge in [0.1, 0.15) is 0 Å². The van der Waals surface area contributed by atoms with Crippen molar-refractivity contribution in [2.45, 2.75) is 51.9 Å². The van der Waals surface area contributed by atoms with Gasteiger partial charge in [0.25, 0.3) is 0 Å². The highest BCUT2D eigenvalue weighted by atomic mass is 19.3. The summed E-state index contributed by atoms with van der Waals surface area (Å²) < 4.78 is 35.2. The van der Waals surface area contributed by atoms with Crippen molar-refractivity contribution in [2.75, 3.05) is 13.1 Å². The monoisotopic (exact) mass is 342 g/mol. The number of nitrogens with zero attached hydrogens (tertiary/aromatic N) is 1. The summed E-state index contributed by atoms with van der Waals surface area (Å²) in [5.41, 5.74) is 6.68. The van der Waals surface area contributed by atoms with Crippen LogP contribution in [-0.2, 0) is 4.79 Å². The van der Waals surface area contributed by atoms with E-state index < -0.39 is 6.61 Å². The standard InChI is InChI=1S/C17H24F2N2O3/c1-10(2)23-16-7-12(4-5-15(16)24-17(18)19)13-6-14(8-20)21(9-13)11(3)22/h4-5,7,10,13-14,17H,6,8-9,20H2,1-3H3/t13?,14-/m1/s1. The zero-order valence-electron chi connectivity index (χ0n) is 14.2. The molecule has 24 heavy (non-hydrogen) atoms. The first-order valence-corrected chi connectivity index (χ1v) is 8.04. The molecule has 1 heterocycles. The van der Waals surface area contributed by atoms with Crippen LogP contribution in [0, 0.1) is 0 Å². The van der Waals surface area contributed by atoms with Crippen LogP contribution in [0.2, 0.25) is 0 Å². The normalized spacial score (nSPS) is 20.8. The van der Waals surface area contributed by atoms with Gasteiger partial charge in [-0.2, -0.15) is 8.78 Å². The third kappa shape index (κ3) is 4.35. The fourth-order valence-corrected chi connectivity index (χ4v) is 3.09. The second kappa shape index (κ2) is 7.79. The van der Waals surface area contributed by atoms with Crippen LogP contribution in [0.1, 0.15) is 38.7 Å². The van der Waals surface area contributed by atoms with Crippen LogP contribution in [0.3, 0.4) is 0 Å². The number of rotatable bonds is 6. The molecule has 5 nitrogen and oxygen atoms in total. The maximum absolute atomic E-state index is 12.5. The third-order valence-corrected chi connectivity index (χ3v) is 4.11. The molecular weight excluding hydrogens is 318 g/mol. The lowest BCUT2D eigenvalue weighted by Crippen LogP contribution is -2.38. The number of likely N-dealkylation sites (tertiary alicyclic amines) is 1. The summed E-state index contributed by atoms with van der Waals surface area (Å²) >= 11 is 0. The zero-order chi connectivity index (χ0) is 17.9. The molecule has 1 aromatic rings. The van der Waals surface area contributed by atoms with Crippen molar-refractivity contribution in [3.63, 3.8) is 0 Å². The summed E-state index contributed by atoms with van der Waals surface area (Å²) in [6.07, 6.45) is 0.570. The molecule has 2 atom stereocenters. The van der Waals surface area contributed by atoms with E-state index in [-0.39, 0.29) is 35.5 Å². The van der Waals surface area contributed by atoms with Gasteiger partial charge in [-0.05, 0) is 38.0 Å². The van der Waals surface area contributed by atoms with Crippen molar-refractivity contribution in [3.8, 4) is 11.5 Å². The fraction of sp³-hybridized carbons (Fsp3) is 0.588. The van der Waals surface area contributed by atoms with Gasteiger partial charge in [0.15, 0.2) is 11.5 Å². The van der Waals surface area contributed by atoms with Crippen molar-refractivity contribution in [1.82, 2.24) is 4.90 Å². The van der Waals surface area contributed by atoms with E-state index in [9.17, 15) is 13.6 Å². The smallest absolute Gasteiger partial charge is 0.387 e. The van der Waals surface area contributed by atoms with Gasteiger partial charge in [-0.25, -0.2) is 0 Å². The highest BCUT2D eigenvalue weighted by Crippen LogP contribution is 2.37. The van der Waals surface area contributed by atoms with E-state index >= 15 is 0 Å². The summed E-state index contributed by atoms with van der Waals surface area (Å²) in [7, 11) is 0. The minimum absolute atomic E-state index is 0.000965. The van der Waals surface area contributed by atoms with Crippen LogP contribution >= 0.6 is 0 Å². The van der Waals surface area contributed by atoms with E-state index in [1.54, 1.807) is 17.0 Å². The molecule has 1 aliphatic heterocycles. The molecule has 0 radical (unpaired) electrons. The molecule has 1 aliphatic rings. The van der Waals surface area contributed by atoms with Gasteiger partial charge in [-0.15, -0.1) is 0 Å². The minimum atomic E-state index is -2.91. The fourth-order valence-electron chi connectivity index (χ4n) is 3.09. The van der Waals surface area contributed by atoms with E-state index in [0.29, 0.717) is 13.1 Å². The minimum Gasteiger partial charge on any atom is -0.487 e. The topological polar surface area (TPSA) is 64.8 Å². The van der Waals surface area contributed by atoms with Gasteiger partial charge < -0.3 is 20.1 Å². The van der Waals surface area contributed by atoms with Crippen LogP contribution in [0.5, 0.6) is 11.5 Å². The molecule has 0 aliphatic carbocycles. The third-order valence-electron chi connectivity index (χ3n) is 4.11. The first-order valence-electron chi connectivity index (χ1n) is 8.04. The molecule has 1 saturated heterocycles. The van der Waals surface area contributed by atoms with Gasteiger partial charge >= 0.3 is 6.61 Å². The van der Waals surface area contributed by atoms with Gasteiger partial charge in [-0.3, -0.25) is 4.79 Å². The number of carbonyl (C=O) groups excluding carboxylic acids is 1. The Hall–Kier alpha value is -1.89. The summed E-state index contributed by atoms with van der Waals surface area (Å²) in [4.78, 5) is 13.5. The van der Waals surface area contributed by atoms with Gasteiger partial charge in [-0.1, -0.05) is 6.07 Å². The lowest BCUT2D eigenvalue weighted by molar-refractivity contribution is -0.129. The molecule has 1 amide bonds. The summed E-state index contributed by atoms with van der Waals surface area (Å²) in [6, 6.07) is 4.96. The lowest BCUT2D eigenvalue weighted by Gasteiger charge is -2.21. The molecule has 2 N–H and O–H groups in total. The highest BCUT2D eigenvalue weighted by Gasteiger charge is 2.34. The van der Waals surface area contributed by atoms with Crippen molar-refractivity contribution in [1.29, 1.82) is 0 Å². The highest BCUT2D eigenvalue weighted by molar-refractivity contribution is 5.74. The quantitative estimate of drug-likeness (QED) is 0.863. The molecule has 0 spiro atoms. The number of halogens is 2. The molecule has 1 unspecified atom stereocenters. The number of alkyl halides is 2. The van der Waals surface area contributed by atoms with Crippen molar-refractivity contribution in [2.24, 2.45) is 5.73 Å². The SMILES string of the molecule is CC(=O)N1CC(c2ccc(OC(F)F)c(OC(C)C)c2)C[C@@H]1CN. The van der Waals surface area contributed by atoms with Gasteiger partial charge in [0.2, 0.25) is 5.91 Å². The number of carbonyl (C=O) groups is 1. The van der Waals surface area contributed by atoms with Crippen LogP contribution in [0.25, 0.3) is 0 Å². The second-order valence-electron chi connectivity index (χ2n) is 6.24. The Morgan fingerprint density at radius 1 is 1.33 bits per heavy atom. The summed E-state index contributed by atoms with van der Waals surface area (Å²) in [5.74, 6) is 0.384. The first-order chi connectivity index (χ1) is 11.3. The Labute approximate surface area is 140 Å². The molecule has 0 saturated carbocycles. The van der Waals surface area contributed by atoms with Crippen molar-refractivity contribution >= 4 is 5.91 Å². The van der Waals surface area contributed by atoms with Crippen LogP contribution in [-0.4, -0.2) is 42.7 Å². The Morgan fingerprint density at radius 3 is 2.54 bits per heavy atom. The number of nitrogens with two attached hydrogens (primary N) is 1. The number of hydrogen-bond acceptors (Lipinski definition) is 4.